The van der Waals surface area contributed by atoms with Crippen LogP contribution in [0.25, 0.3) is 0 Å². The van der Waals surface area contributed by atoms with Gasteiger partial charge in [0.25, 0.3) is 0 Å². The molecule has 0 radical (unpaired) electrons. The molecule has 0 aliphatic carbocycles. The monoisotopic (exact) mass is 328 g/mol. The highest BCUT2D eigenvalue weighted by Gasteiger charge is 2.13. The van der Waals surface area contributed by atoms with E-state index in [0.29, 0.717) is 4.83 Å². The number of hydrogen-bond donors (Lipinski definition) is 0. The first-order valence-electron chi connectivity index (χ1n) is 7.47. The van der Waals surface area contributed by atoms with Crippen molar-refractivity contribution in [2.45, 2.75) is 70.5 Å². The second kappa shape index (κ2) is 8.73. The van der Waals surface area contributed by atoms with Gasteiger partial charge < -0.3 is 0 Å². The lowest BCUT2D eigenvalue weighted by Crippen LogP contribution is -1.99. The van der Waals surface area contributed by atoms with Gasteiger partial charge in [0, 0.05) is 4.83 Å². The predicted octanol–water partition coefficient (Wildman–Crippen LogP) is 6.63. The van der Waals surface area contributed by atoms with Crippen LogP contribution in [0.1, 0.15) is 73.4 Å². The first-order chi connectivity index (χ1) is 9.06. The van der Waals surface area contributed by atoms with Crippen LogP contribution in [0.2, 0.25) is 0 Å². The normalized spacial score (nSPS) is 12.7. The Morgan fingerprint density at radius 1 is 1.00 bits per heavy atom. The van der Waals surface area contributed by atoms with Crippen LogP contribution in [0.5, 0.6) is 0 Å². The van der Waals surface area contributed by atoms with Crippen LogP contribution in [0.15, 0.2) is 12.1 Å². The van der Waals surface area contributed by atoms with E-state index < -0.39 is 0 Å². The molecule has 0 saturated heterocycles. The number of alkyl halides is 1. The maximum Gasteiger partial charge on any atom is 0.123 e. The minimum atomic E-state index is -0.127. The molecular formula is C17H26BrF. The van der Waals surface area contributed by atoms with Crippen molar-refractivity contribution in [1.29, 1.82) is 0 Å². The van der Waals surface area contributed by atoms with Gasteiger partial charge in [-0.1, -0.05) is 61.4 Å². The van der Waals surface area contributed by atoms with E-state index in [1.165, 1.54) is 44.1 Å². The molecule has 0 aliphatic heterocycles. The van der Waals surface area contributed by atoms with Crippen molar-refractivity contribution in [2.24, 2.45) is 0 Å². The van der Waals surface area contributed by atoms with Gasteiger partial charge in [-0.3, -0.25) is 0 Å². The molecular weight excluding hydrogens is 303 g/mol. The number of benzene rings is 1. The maximum absolute atomic E-state index is 13.3. The molecule has 1 rings (SSSR count). The fraction of sp³-hybridized carbons (Fsp3) is 0.647. The molecule has 2 heteroatoms. The molecule has 0 saturated carbocycles. The summed E-state index contributed by atoms with van der Waals surface area (Å²) in [5.74, 6) is -0.127. The largest absolute Gasteiger partial charge is 0.207 e. The standard InChI is InChI=1S/C17H26BrF/c1-4-5-6-7-8-9-10-16(18)17-13(2)11-15(19)12-14(17)3/h11-12,16H,4-10H2,1-3H3. The SMILES string of the molecule is CCCCCCCCC(Br)c1c(C)cc(F)cc1C. The maximum atomic E-state index is 13.3. The molecule has 0 N–H and O–H groups in total. The molecule has 0 fully saturated rings. The Morgan fingerprint density at radius 3 is 2.11 bits per heavy atom. The van der Waals surface area contributed by atoms with Gasteiger partial charge in [-0.05, 0) is 49.1 Å². The fourth-order valence-electron chi connectivity index (χ4n) is 2.66. The van der Waals surface area contributed by atoms with Gasteiger partial charge in [0.15, 0.2) is 0 Å². The third-order valence-corrected chi connectivity index (χ3v) is 4.60. The lowest BCUT2D eigenvalue weighted by atomic mass is 9.96. The van der Waals surface area contributed by atoms with Gasteiger partial charge in [-0.2, -0.15) is 0 Å². The second-order valence-electron chi connectivity index (χ2n) is 5.48. The highest BCUT2D eigenvalue weighted by molar-refractivity contribution is 9.09. The highest BCUT2D eigenvalue weighted by Crippen LogP contribution is 2.33. The van der Waals surface area contributed by atoms with Gasteiger partial charge >= 0.3 is 0 Å². The molecule has 108 valence electrons. The third-order valence-electron chi connectivity index (χ3n) is 3.68. The molecule has 0 heterocycles. The van der Waals surface area contributed by atoms with E-state index in [1.54, 1.807) is 12.1 Å². The zero-order chi connectivity index (χ0) is 14.3. The Labute approximate surface area is 125 Å². The lowest BCUT2D eigenvalue weighted by molar-refractivity contribution is 0.586. The number of aryl methyl sites for hydroxylation is 2. The summed E-state index contributed by atoms with van der Waals surface area (Å²) in [5, 5.41) is 0. The zero-order valence-electron chi connectivity index (χ0n) is 12.4. The van der Waals surface area contributed by atoms with Crippen molar-refractivity contribution >= 4 is 15.9 Å². The van der Waals surface area contributed by atoms with Crippen molar-refractivity contribution in [2.75, 3.05) is 0 Å². The average molecular weight is 329 g/mol. The second-order valence-corrected chi connectivity index (χ2v) is 6.58. The Bertz CT molecular complexity index is 364. The fourth-order valence-corrected chi connectivity index (χ4v) is 3.71. The number of halogens is 2. The molecule has 1 aromatic carbocycles. The molecule has 0 amide bonds. The molecule has 1 unspecified atom stereocenters. The van der Waals surface area contributed by atoms with Crippen LogP contribution in [0.4, 0.5) is 4.39 Å². The summed E-state index contributed by atoms with van der Waals surface area (Å²) in [4.78, 5) is 0.360. The van der Waals surface area contributed by atoms with E-state index in [0.717, 1.165) is 17.5 Å². The summed E-state index contributed by atoms with van der Waals surface area (Å²) < 4.78 is 13.3. The van der Waals surface area contributed by atoms with Crippen molar-refractivity contribution < 1.29 is 4.39 Å². The Morgan fingerprint density at radius 2 is 1.53 bits per heavy atom. The van der Waals surface area contributed by atoms with Crippen LogP contribution in [-0.2, 0) is 0 Å². The van der Waals surface area contributed by atoms with E-state index in [-0.39, 0.29) is 5.82 Å². The summed E-state index contributed by atoms with van der Waals surface area (Å²) in [7, 11) is 0. The Hall–Kier alpha value is -0.370. The Balaban J connectivity index is 2.43. The van der Waals surface area contributed by atoms with Crippen LogP contribution in [0, 0.1) is 19.7 Å². The van der Waals surface area contributed by atoms with E-state index in [2.05, 4.69) is 22.9 Å². The summed E-state index contributed by atoms with van der Waals surface area (Å²) in [6, 6.07) is 3.27. The summed E-state index contributed by atoms with van der Waals surface area (Å²) in [6.45, 7) is 6.25. The summed E-state index contributed by atoms with van der Waals surface area (Å²) in [5.41, 5.74) is 3.39. The van der Waals surface area contributed by atoms with E-state index in [1.807, 2.05) is 13.8 Å². The molecule has 0 spiro atoms. The number of rotatable bonds is 8. The summed E-state index contributed by atoms with van der Waals surface area (Å²) in [6.07, 6.45) is 9.05. The van der Waals surface area contributed by atoms with Gasteiger partial charge in [0.1, 0.15) is 5.82 Å². The quantitative estimate of drug-likeness (QED) is 0.371. The van der Waals surface area contributed by atoms with Crippen LogP contribution >= 0.6 is 15.9 Å². The van der Waals surface area contributed by atoms with Crippen LogP contribution in [0.3, 0.4) is 0 Å². The molecule has 19 heavy (non-hydrogen) atoms. The lowest BCUT2D eigenvalue weighted by Gasteiger charge is -2.16. The summed E-state index contributed by atoms with van der Waals surface area (Å²) >= 11 is 3.77. The molecule has 1 aromatic rings. The van der Waals surface area contributed by atoms with Crippen molar-refractivity contribution in [3.63, 3.8) is 0 Å². The van der Waals surface area contributed by atoms with Crippen molar-refractivity contribution in [1.82, 2.24) is 0 Å². The van der Waals surface area contributed by atoms with E-state index >= 15 is 0 Å². The number of hydrogen-bond acceptors (Lipinski definition) is 0. The van der Waals surface area contributed by atoms with Gasteiger partial charge in [0.05, 0.1) is 0 Å². The molecule has 1 atom stereocenters. The van der Waals surface area contributed by atoms with Crippen molar-refractivity contribution in [3.8, 4) is 0 Å². The van der Waals surface area contributed by atoms with Crippen LogP contribution in [-0.4, -0.2) is 0 Å². The van der Waals surface area contributed by atoms with Gasteiger partial charge in [0.2, 0.25) is 0 Å². The first kappa shape index (κ1) is 16.7. The minimum absolute atomic E-state index is 0.127. The zero-order valence-corrected chi connectivity index (χ0v) is 14.0. The average Bonchev–Trinajstić information content (AvgIpc) is 2.32. The van der Waals surface area contributed by atoms with Crippen LogP contribution < -0.4 is 0 Å². The topological polar surface area (TPSA) is 0 Å². The number of unbranched alkanes of at least 4 members (excludes halogenated alkanes) is 5. The molecule has 0 aliphatic rings. The molecule has 0 nitrogen and oxygen atoms in total. The molecule has 0 aromatic heterocycles. The van der Waals surface area contributed by atoms with Gasteiger partial charge in [-0.25, -0.2) is 4.39 Å². The van der Waals surface area contributed by atoms with Gasteiger partial charge in [-0.15, -0.1) is 0 Å². The van der Waals surface area contributed by atoms with Crippen molar-refractivity contribution in [3.05, 3.63) is 34.6 Å². The highest BCUT2D eigenvalue weighted by atomic mass is 79.9. The van der Waals surface area contributed by atoms with E-state index in [9.17, 15) is 4.39 Å². The smallest absolute Gasteiger partial charge is 0.123 e. The third kappa shape index (κ3) is 5.64. The predicted molar refractivity (Wildman–Crippen MR) is 85.5 cm³/mol. The first-order valence-corrected chi connectivity index (χ1v) is 8.38. The van der Waals surface area contributed by atoms with E-state index in [4.69, 9.17) is 0 Å². The Kier molecular flexibility index (Phi) is 7.67. The molecule has 0 bridgehead atoms. The minimum Gasteiger partial charge on any atom is -0.207 e.